The molecular weight excluding hydrogens is 408 g/mol. The van der Waals surface area contributed by atoms with Gasteiger partial charge in [0.2, 0.25) is 0 Å². The minimum absolute atomic E-state index is 0.00470. The van der Waals surface area contributed by atoms with Gasteiger partial charge in [0.25, 0.3) is 0 Å². The number of amides is 1. The van der Waals surface area contributed by atoms with Gasteiger partial charge in [-0.2, -0.15) is 5.10 Å². The molecule has 1 amide bonds. The number of likely N-dealkylation sites (N-methyl/N-ethyl adjacent to an activating group) is 2. The van der Waals surface area contributed by atoms with Crippen LogP contribution >= 0.6 is 0 Å². The standard InChI is InChI=1S/C24H40N4O4/c1-24(2,3)32-23(30)27(5)14-13-26(4)16-19-17-28(21-8-6-7-15-31-21)25-22(19)18-9-11-20(29)12-10-18/h17-18,21H,6-16H2,1-5H3. The molecule has 1 aliphatic heterocycles. The zero-order valence-corrected chi connectivity index (χ0v) is 20.4. The molecule has 0 spiro atoms. The Morgan fingerprint density at radius 1 is 1.19 bits per heavy atom. The molecular formula is C24H40N4O4. The first kappa shape index (κ1) is 24.7. The van der Waals surface area contributed by atoms with E-state index >= 15 is 0 Å². The van der Waals surface area contributed by atoms with Crippen molar-refractivity contribution < 1.29 is 19.1 Å². The molecule has 8 heteroatoms. The fourth-order valence-corrected chi connectivity index (χ4v) is 4.32. The molecule has 1 unspecified atom stereocenters. The predicted molar refractivity (Wildman–Crippen MR) is 122 cm³/mol. The van der Waals surface area contributed by atoms with Crippen LogP contribution in [-0.4, -0.2) is 70.8 Å². The van der Waals surface area contributed by atoms with Gasteiger partial charge < -0.3 is 19.3 Å². The highest BCUT2D eigenvalue weighted by molar-refractivity contribution is 5.79. The van der Waals surface area contributed by atoms with Crippen LogP contribution in [0.15, 0.2) is 6.20 Å². The molecule has 1 atom stereocenters. The van der Waals surface area contributed by atoms with Crippen molar-refractivity contribution >= 4 is 11.9 Å². The van der Waals surface area contributed by atoms with Crippen LogP contribution in [0.25, 0.3) is 0 Å². The lowest BCUT2D eigenvalue weighted by Crippen LogP contribution is -2.38. The van der Waals surface area contributed by atoms with Crippen LogP contribution in [-0.2, 0) is 20.8 Å². The predicted octanol–water partition coefficient (Wildman–Crippen LogP) is 4.11. The first-order valence-corrected chi connectivity index (χ1v) is 12.0. The Hall–Kier alpha value is -1.93. The second kappa shape index (κ2) is 10.8. The number of ether oxygens (including phenoxy) is 2. The highest BCUT2D eigenvalue weighted by Gasteiger charge is 2.28. The summed E-state index contributed by atoms with van der Waals surface area (Å²) in [7, 11) is 3.83. The van der Waals surface area contributed by atoms with E-state index in [9.17, 15) is 9.59 Å². The number of hydrogen-bond acceptors (Lipinski definition) is 6. The molecule has 2 aliphatic rings. The van der Waals surface area contributed by atoms with E-state index in [-0.39, 0.29) is 12.3 Å². The Kier molecular flexibility index (Phi) is 8.33. The largest absolute Gasteiger partial charge is 0.444 e. The van der Waals surface area contributed by atoms with E-state index in [0.29, 0.717) is 31.1 Å². The average Bonchev–Trinajstić information content (AvgIpc) is 3.15. The third-order valence-corrected chi connectivity index (χ3v) is 6.18. The Morgan fingerprint density at radius 3 is 2.53 bits per heavy atom. The number of nitrogens with zero attached hydrogens (tertiary/aromatic N) is 4. The SMILES string of the molecule is CN(CCN(C)C(=O)OC(C)(C)C)Cc1cn(C2CCCCO2)nc1C1CCC(=O)CC1. The fourth-order valence-electron chi connectivity index (χ4n) is 4.32. The quantitative estimate of drug-likeness (QED) is 0.625. The maximum Gasteiger partial charge on any atom is 0.410 e. The van der Waals surface area contributed by atoms with Gasteiger partial charge in [-0.3, -0.25) is 4.79 Å². The lowest BCUT2D eigenvalue weighted by molar-refractivity contribution is -0.120. The van der Waals surface area contributed by atoms with Crippen molar-refractivity contribution in [2.75, 3.05) is 33.8 Å². The number of ketones is 1. The number of rotatable bonds is 7. The third-order valence-electron chi connectivity index (χ3n) is 6.18. The van der Waals surface area contributed by atoms with E-state index in [1.54, 1.807) is 11.9 Å². The van der Waals surface area contributed by atoms with Crippen LogP contribution in [0.2, 0.25) is 0 Å². The lowest BCUT2D eigenvalue weighted by Gasteiger charge is -2.26. The molecule has 32 heavy (non-hydrogen) atoms. The van der Waals surface area contributed by atoms with Crippen molar-refractivity contribution in [1.82, 2.24) is 19.6 Å². The van der Waals surface area contributed by atoms with E-state index in [1.165, 1.54) is 5.56 Å². The molecule has 1 saturated heterocycles. The molecule has 1 aromatic rings. The second-order valence-corrected chi connectivity index (χ2v) is 10.3. The minimum Gasteiger partial charge on any atom is -0.444 e. The first-order chi connectivity index (χ1) is 15.1. The molecule has 1 aliphatic carbocycles. The highest BCUT2D eigenvalue weighted by atomic mass is 16.6. The van der Waals surface area contributed by atoms with Crippen molar-refractivity contribution in [1.29, 1.82) is 0 Å². The van der Waals surface area contributed by atoms with Crippen LogP contribution in [0, 0.1) is 0 Å². The van der Waals surface area contributed by atoms with Crippen molar-refractivity contribution in [3.05, 3.63) is 17.5 Å². The van der Waals surface area contributed by atoms with Gasteiger partial charge in [-0.15, -0.1) is 0 Å². The normalized spacial score (nSPS) is 20.6. The van der Waals surface area contributed by atoms with E-state index in [1.807, 2.05) is 25.5 Å². The van der Waals surface area contributed by atoms with Gasteiger partial charge in [-0.25, -0.2) is 9.48 Å². The summed E-state index contributed by atoms with van der Waals surface area (Å²) in [4.78, 5) is 27.8. The molecule has 1 aromatic heterocycles. The smallest absolute Gasteiger partial charge is 0.410 e. The van der Waals surface area contributed by atoms with Crippen LogP contribution in [0.5, 0.6) is 0 Å². The molecule has 8 nitrogen and oxygen atoms in total. The van der Waals surface area contributed by atoms with E-state index in [2.05, 4.69) is 18.1 Å². The summed E-state index contributed by atoms with van der Waals surface area (Å²) in [6.07, 6.45) is 8.13. The van der Waals surface area contributed by atoms with Crippen molar-refractivity contribution in [2.45, 2.75) is 90.0 Å². The van der Waals surface area contributed by atoms with Crippen molar-refractivity contribution in [2.24, 2.45) is 0 Å². The van der Waals surface area contributed by atoms with Gasteiger partial charge in [-0.05, 0) is 59.9 Å². The Morgan fingerprint density at radius 2 is 1.91 bits per heavy atom. The zero-order valence-electron chi connectivity index (χ0n) is 20.4. The maximum absolute atomic E-state index is 12.2. The summed E-state index contributed by atoms with van der Waals surface area (Å²) in [5.74, 6) is 0.686. The minimum atomic E-state index is -0.497. The van der Waals surface area contributed by atoms with Gasteiger partial charge in [0.1, 0.15) is 17.6 Å². The summed E-state index contributed by atoms with van der Waals surface area (Å²) in [5.41, 5.74) is 1.81. The topological polar surface area (TPSA) is 76.9 Å². The number of Topliss-reactive ketones (excluding diaryl/α,β-unsaturated/α-hetero) is 1. The monoisotopic (exact) mass is 448 g/mol. The highest BCUT2D eigenvalue weighted by Crippen LogP contribution is 2.34. The van der Waals surface area contributed by atoms with Crippen molar-refractivity contribution in [3.8, 4) is 0 Å². The molecule has 2 heterocycles. The molecule has 1 saturated carbocycles. The Balaban J connectivity index is 1.64. The summed E-state index contributed by atoms with van der Waals surface area (Å²) in [6.45, 7) is 8.46. The number of aromatic nitrogens is 2. The second-order valence-electron chi connectivity index (χ2n) is 10.3. The summed E-state index contributed by atoms with van der Waals surface area (Å²) in [6, 6.07) is 0. The summed E-state index contributed by atoms with van der Waals surface area (Å²) in [5, 5.41) is 4.97. The lowest BCUT2D eigenvalue weighted by atomic mass is 9.85. The molecule has 0 bridgehead atoms. The molecule has 0 N–H and O–H groups in total. The van der Waals surface area contributed by atoms with Crippen LogP contribution in [0.3, 0.4) is 0 Å². The van der Waals surface area contributed by atoms with Crippen LogP contribution in [0.1, 0.15) is 89.1 Å². The maximum atomic E-state index is 12.2. The fraction of sp³-hybridized carbons (Fsp3) is 0.792. The van der Waals surface area contributed by atoms with Gasteiger partial charge in [0.15, 0.2) is 0 Å². The molecule has 0 aromatic carbocycles. The molecule has 0 radical (unpaired) electrons. The van der Waals surface area contributed by atoms with Gasteiger partial charge >= 0.3 is 6.09 Å². The van der Waals surface area contributed by atoms with Gasteiger partial charge in [0.05, 0.1) is 5.69 Å². The molecule has 3 rings (SSSR count). The first-order valence-electron chi connectivity index (χ1n) is 12.0. The Bertz CT molecular complexity index is 769. The average molecular weight is 449 g/mol. The van der Waals surface area contributed by atoms with Gasteiger partial charge in [-0.1, -0.05) is 0 Å². The van der Waals surface area contributed by atoms with E-state index in [0.717, 1.165) is 57.5 Å². The van der Waals surface area contributed by atoms with E-state index < -0.39 is 5.60 Å². The number of carbonyl (C=O) groups is 2. The van der Waals surface area contributed by atoms with Crippen molar-refractivity contribution in [3.63, 3.8) is 0 Å². The number of carbonyl (C=O) groups excluding carboxylic acids is 2. The van der Waals surface area contributed by atoms with Crippen LogP contribution in [0.4, 0.5) is 4.79 Å². The molecule has 180 valence electrons. The van der Waals surface area contributed by atoms with Crippen LogP contribution < -0.4 is 0 Å². The Labute approximate surface area is 192 Å². The third kappa shape index (κ3) is 7.04. The summed E-state index contributed by atoms with van der Waals surface area (Å²) < 4.78 is 13.4. The molecule has 2 fully saturated rings. The summed E-state index contributed by atoms with van der Waals surface area (Å²) >= 11 is 0. The number of hydrogen-bond donors (Lipinski definition) is 0. The zero-order chi connectivity index (χ0) is 23.3. The van der Waals surface area contributed by atoms with E-state index in [4.69, 9.17) is 14.6 Å². The van der Waals surface area contributed by atoms with Gasteiger partial charge in [0, 0.05) is 63.8 Å².